The number of aromatic nitrogens is 5. The minimum atomic E-state index is -0.145. The molecule has 4 rings (SSSR count). The lowest BCUT2D eigenvalue weighted by molar-refractivity contribution is 0.341. The summed E-state index contributed by atoms with van der Waals surface area (Å²) in [6, 6.07) is 7.54. The molecule has 0 amide bonds. The van der Waals surface area contributed by atoms with Crippen molar-refractivity contribution >= 4 is 39.6 Å². The van der Waals surface area contributed by atoms with Crippen LogP contribution in [0.3, 0.4) is 0 Å². The molecule has 0 bridgehead atoms. The first-order valence-electron chi connectivity index (χ1n) is 8.91. The fourth-order valence-corrected chi connectivity index (χ4v) is 3.04. The topological polar surface area (TPSA) is 87.2 Å². The van der Waals surface area contributed by atoms with Crippen LogP contribution in [0, 0.1) is 5.92 Å². The van der Waals surface area contributed by atoms with Crippen LogP contribution in [0.2, 0.25) is 0 Å². The number of hydrogen-bond donors (Lipinski definition) is 0. The van der Waals surface area contributed by atoms with Crippen LogP contribution < -0.4 is 5.56 Å². The molecule has 27 heavy (non-hydrogen) atoms. The van der Waals surface area contributed by atoms with Gasteiger partial charge in [-0.05, 0) is 25.0 Å². The average molecular weight is 364 g/mol. The first-order chi connectivity index (χ1) is 13.1. The van der Waals surface area contributed by atoms with E-state index in [0.717, 1.165) is 11.0 Å². The zero-order valence-electron chi connectivity index (χ0n) is 15.5. The van der Waals surface area contributed by atoms with Gasteiger partial charge in [0, 0.05) is 6.54 Å². The molecule has 0 fully saturated rings. The molecule has 0 atom stereocenters. The Morgan fingerprint density at radius 2 is 1.93 bits per heavy atom. The van der Waals surface area contributed by atoms with Gasteiger partial charge in [-0.25, -0.2) is 15.0 Å². The first-order valence-corrected chi connectivity index (χ1v) is 8.91. The van der Waals surface area contributed by atoms with E-state index in [1.165, 1.54) is 11.1 Å². The number of nitrogens with zero attached hydrogens (tertiary/aromatic N) is 6. The molecule has 138 valence electrons. The summed E-state index contributed by atoms with van der Waals surface area (Å²) >= 11 is 0. The van der Waals surface area contributed by atoms with Crippen molar-refractivity contribution in [2.24, 2.45) is 11.0 Å². The van der Waals surface area contributed by atoms with Crippen LogP contribution in [-0.2, 0) is 11.3 Å². The summed E-state index contributed by atoms with van der Waals surface area (Å²) in [6.45, 7) is 7.05. The molecule has 4 aromatic rings. The normalized spacial score (nSPS) is 12.1. The lowest BCUT2D eigenvalue weighted by Crippen LogP contribution is -2.22. The number of para-hydroxylation sites is 2. The molecule has 0 N–H and O–H groups in total. The molecule has 0 unspecified atom stereocenters. The Morgan fingerprint density at radius 1 is 1.19 bits per heavy atom. The molecular weight excluding hydrogens is 344 g/mol. The van der Waals surface area contributed by atoms with Gasteiger partial charge >= 0.3 is 0 Å². The second-order valence-corrected chi connectivity index (χ2v) is 6.67. The standard InChI is InChI=1S/C19H20N6O2/c1-4-27-11-21-25-17-15(19(26)24(10-20-17)9-12(2)3)16-18(25)23-14-8-6-5-7-13(14)22-16/h5-8,10-12H,4,9H2,1-3H3/b21-11+. The van der Waals surface area contributed by atoms with Crippen molar-refractivity contribution in [3.8, 4) is 0 Å². The van der Waals surface area contributed by atoms with Gasteiger partial charge in [0.15, 0.2) is 17.7 Å². The number of rotatable bonds is 5. The maximum Gasteiger partial charge on any atom is 0.265 e. The van der Waals surface area contributed by atoms with Crippen LogP contribution in [0.5, 0.6) is 0 Å². The Morgan fingerprint density at radius 3 is 2.63 bits per heavy atom. The molecule has 0 saturated heterocycles. The highest BCUT2D eigenvalue weighted by Crippen LogP contribution is 2.24. The van der Waals surface area contributed by atoms with E-state index in [1.54, 1.807) is 10.9 Å². The summed E-state index contributed by atoms with van der Waals surface area (Å²) in [4.78, 5) is 26.9. The maximum absolute atomic E-state index is 13.1. The highest BCUT2D eigenvalue weighted by atomic mass is 16.5. The minimum Gasteiger partial charge on any atom is -0.482 e. The van der Waals surface area contributed by atoms with Gasteiger partial charge in [-0.3, -0.25) is 9.36 Å². The number of hydrogen-bond acceptors (Lipinski definition) is 6. The summed E-state index contributed by atoms with van der Waals surface area (Å²) in [7, 11) is 0. The molecule has 0 saturated carbocycles. The van der Waals surface area contributed by atoms with E-state index >= 15 is 0 Å². The molecule has 8 heteroatoms. The summed E-state index contributed by atoms with van der Waals surface area (Å²) in [6.07, 6.45) is 2.88. The van der Waals surface area contributed by atoms with Gasteiger partial charge < -0.3 is 4.74 Å². The van der Waals surface area contributed by atoms with E-state index in [9.17, 15) is 4.79 Å². The molecule has 0 aliphatic carbocycles. The molecule has 8 nitrogen and oxygen atoms in total. The quantitative estimate of drug-likeness (QED) is 0.401. The third-order valence-corrected chi connectivity index (χ3v) is 4.17. The Bertz CT molecular complexity index is 1220. The van der Waals surface area contributed by atoms with Gasteiger partial charge in [0.1, 0.15) is 10.9 Å². The van der Waals surface area contributed by atoms with E-state index in [0.29, 0.717) is 41.3 Å². The fraction of sp³-hybridized carbons (Fsp3) is 0.316. The van der Waals surface area contributed by atoms with Crippen molar-refractivity contribution in [1.82, 2.24) is 24.2 Å². The van der Waals surface area contributed by atoms with E-state index in [4.69, 9.17) is 4.74 Å². The smallest absolute Gasteiger partial charge is 0.265 e. The minimum absolute atomic E-state index is 0.145. The van der Waals surface area contributed by atoms with Crippen molar-refractivity contribution in [3.63, 3.8) is 0 Å². The third kappa shape index (κ3) is 2.92. The Balaban J connectivity index is 2.10. The van der Waals surface area contributed by atoms with E-state index in [2.05, 4.69) is 33.9 Å². The van der Waals surface area contributed by atoms with Gasteiger partial charge in [0.05, 0.1) is 24.0 Å². The van der Waals surface area contributed by atoms with Crippen LogP contribution in [0.15, 0.2) is 40.5 Å². The SMILES string of the molecule is CCO/C=N/n1c2nc3ccccc3nc2c2c(=O)n(CC(C)C)cnc21. The zero-order chi connectivity index (χ0) is 19.0. The molecule has 0 aliphatic rings. The summed E-state index contributed by atoms with van der Waals surface area (Å²) in [5.74, 6) is 0.318. The van der Waals surface area contributed by atoms with Crippen molar-refractivity contribution in [1.29, 1.82) is 0 Å². The van der Waals surface area contributed by atoms with E-state index < -0.39 is 0 Å². The van der Waals surface area contributed by atoms with Gasteiger partial charge in [-0.15, -0.1) is 5.10 Å². The average Bonchev–Trinajstić information content (AvgIpc) is 2.95. The lowest BCUT2D eigenvalue weighted by Gasteiger charge is -2.07. The van der Waals surface area contributed by atoms with Gasteiger partial charge in [-0.2, -0.15) is 4.68 Å². The zero-order valence-corrected chi connectivity index (χ0v) is 15.5. The second kappa shape index (κ2) is 6.79. The van der Waals surface area contributed by atoms with Gasteiger partial charge in [-0.1, -0.05) is 26.0 Å². The fourth-order valence-electron chi connectivity index (χ4n) is 3.04. The molecule has 0 aliphatic heterocycles. The first kappa shape index (κ1) is 17.1. The third-order valence-electron chi connectivity index (χ3n) is 4.17. The molecular formula is C19H20N6O2. The van der Waals surface area contributed by atoms with Crippen LogP contribution in [0.25, 0.3) is 33.2 Å². The maximum atomic E-state index is 13.1. The Kier molecular flexibility index (Phi) is 4.31. The van der Waals surface area contributed by atoms with Crippen molar-refractivity contribution in [3.05, 3.63) is 40.9 Å². The number of benzene rings is 1. The van der Waals surface area contributed by atoms with Gasteiger partial charge in [0.25, 0.3) is 5.56 Å². The number of ether oxygens (including phenoxy) is 1. The summed E-state index contributed by atoms with van der Waals surface area (Å²) in [5, 5.41) is 4.72. The second-order valence-electron chi connectivity index (χ2n) is 6.67. The van der Waals surface area contributed by atoms with Gasteiger partial charge in [0.2, 0.25) is 0 Å². The Hall–Kier alpha value is -3.29. The molecule has 3 heterocycles. The van der Waals surface area contributed by atoms with E-state index in [-0.39, 0.29) is 5.56 Å². The molecule has 3 aromatic heterocycles. The Labute approximate surface area is 155 Å². The highest BCUT2D eigenvalue weighted by molar-refractivity contribution is 6.04. The van der Waals surface area contributed by atoms with Crippen molar-refractivity contribution in [2.45, 2.75) is 27.3 Å². The number of fused-ring (bicyclic) bond motifs is 4. The predicted molar refractivity (Wildman–Crippen MR) is 105 cm³/mol. The lowest BCUT2D eigenvalue weighted by atomic mass is 10.2. The van der Waals surface area contributed by atoms with Crippen molar-refractivity contribution in [2.75, 3.05) is 6.61 Å². The molecule has 1 aromatic carbocycles. The predicted octanol–water partition coefficient (Wildman–Crippen LogP) is 2.78. The highest BCUT2D eigenvalue weighted by Gasteiger charge is 2.19. The van der Waals surface area contributed by atoms with Crippen molar-refractivity contribution < 1.29 is 4.74 Å². The summed E-state index contributed by atoms with van der Waals surface area (Å²) < 4.78 is 8.35. The monoisotopic (exact) mass is 364 g/mol. The van der Waals surface area contributed by atoms with E-state index in [1.807, 2.05) is 31.2 Å². The summed E-state index contributed by atoms with van der Waals surface area (Å²) in [5.41, 5.74) is 2.69. The van der Waals surface area contributed by atoms with Crippen LogP contribution >= 0.6 is 0 Å². The molecule has 0 radical (unpaired) electrons. The van der Waals surface area contributed by atoms with Crippen LogP contribution in [0.4, 0.5) is 0 Å². The largest absolute Gasteiger partial charge is 0.482 e. The van der Waals surface area contributed by atoms with Crippen LogP contribution in [-0.4, -0.2) is 37.2 Å². The van der Waals surface area contributed by atoms with Crippen LogP contribution in [0.1, 0.15) is 20.8 Å². The molecule has 0 spiro atoms.